The van der Waals surface area contributed by atoms with E-state index in [1.165, 1.54) is 0 Å². The highest BCUT2D eigenvalue weighted by molar-refractivity contribution is 7.99. The Balaban J connectivity index is 2.69. The van der Waals surface area contributed by atoms with Gasteiger partial charge >= 0.3 is 0 Å². The van der Waals surface area contributed by atoms with Crippen molar-refractivity contribution < 1.29 is 10.2 Å². The smallest absolute Gasteiger partial charge is 0.123 e. The third-order valence-corrected chi connectivity index (χ3v) is 4.38. The van der Waals surface area contributed by atoms with E-state index in [2.05, 4.69) is 5.32 Å². The number of nitrogens with one attached hydrogen (secondary N) is 1. The number of hydrogen-bond acceptors (Lipinski definition) is 4. The summed E-state index contributed by atoms with van der Waals surface area (Å²) in [7, 11) is 0. The molecule has 0 bridgehead atoms. The number of aromatic hydroxyl groups is 1. The number of aliphatic hydroxyl groups is 1. The predicted octanol–water partition coefficient (Wildman–Crippen LogP) is 2.56. The first kappa shape index (κ1) is 15.6. The maximum absolute atomic E-state index is 9.93. The van der Waals surface area contributed by atoms with Crippen LogP contribution in [0.3, 0.4) is 0 Å². The minimum atomic E-state index is 0.135. The lowest BCUT2D eigenvalue weighted by molar-refractivity contribution is 0.275. The Hall–Kier alpha value is -0.420. The molecule has 0 fully saturated rings. The molecule has 0 aliphatic heterocycles. The Morgan fingerprint density at radius 1 is 1.44 bits per heavy atom. The number of phenolic OH excluding ortho intramolecular Hbond substituents is 1. The van der Waals surface area contributed by atoms with Gasteiger partial charge in [-0.15, -0.1) is 0 Å². The molecule has 2 unspecified atom stereocenters. The maximum atomic E-state index is 9.93. The molecule has 0 aromatic heterocycles. The first-order valence-electron chi connectivity index (χ1n) is 5.84. The molecule has 2 atom stereocenters. The first-order chi connectivity index (χ1) is 8.49. The molecule has 0 aliphatic rings. The Morgan fingerprint density at radius 2 is 2.11 bits per heavy atom. The van der Waals surface area contributed by atoms with Gasteiger partial charge in [0.15, 0.2) is 0 Å². The molecular formula is C13H20ClNO2S. The summed E-state index contributed by atoms with van der Waals surface area (Å²) in [5, 5.41) is 23.2. The lowest BCUT2D eigenvalue weighted by atomic mass is 10.1. The summed E-state index contributed by atoms with van der Waals surface area (Å²) in [5.74, 6) is 0.281. The van der Waals surface area contributed by atoms with Crippen LogP contribution in [-0.2, 0) is 6.54 Å². The molecule has 1 aromatic rings. The summed E-state index contributed by atoms with van der Waals surface area (Å²) in [6.07, 6.45) is 1.97. The van der Waals surface area contributed by atoms with E-state index < -0.39 is 0 Å². The van der Waals surface area contributed by atoms with Crippen molar-refractivity contribution in [2.24, 2.45) is 0 Å². The zero-order chi connectivity index (χ0) is 13.7. The molecule has 102 valence electrons. The Morgan fingerprint density at radius 3 is 2.67 bits per heavy atom. The van der Waals surface area contributed by atoms with Gasteiger partial charge in [-0.3, -0.25) is 0 Å². The normalized spacial score (nSPS) is 14.5. The van der Waals surface area contributed by atoms with Crippen LogP contribution < -0.4 is 5.32 Å². The number of rotatable bonds is 6. The first-order valence-corrected chi connectivity index (χ1v) is 7.51. The van der Waals surface area contributed by atoms with E-state index in [1.807, 2.05) is 20.1 Å². The summed E-state index contributed by atoms with van der Waals surface area (Å²) in [4.78, 5) is 0. The van der Waals surface area contributed by atoms with Crippen molar-refractivity contribution in [1.29, 1.82) is 0 Å². The molecule has 1 aromatic carbocycles. The van der Waals surface area contributed by atoms with Crippen LogP contribution in [0.1, 0.15) is 18.1 Å². The number of hydrogen-bond donors (Lipinski definition) is 3. The standard InChI is InChI=1S/C13H20ClNO2S/c1-8-4-11(14)5-10(13(8)17)6-15-9(2)12(7-16)18-3/h4-5,9,12,15-17H,6-7H2,1-3H3. The van der Waals surface area contributed by atoms with Gasteiger partial charge < -0.3 is 15.5 Å². The summed E-state index contributed by atoms with van der Waals surface area (Å²) in [6, 6.07) is 3.66. The van der Waals surface area contributed by atoms with Crippen molar-refractivity contribution in [1.82, 2.24) is 5.32 Å². The van der Waals surface area contributed by atoms with E-state index in [0.29, 0.717) is 11.6 Å². The van der Waals surface area contributed by atoms with Crippen LogP contribution >= 0.6 is 23.4 Å². The molecule has 0 heterocycles. The average Bonchev–Trinajstić information content (AvgIpc) is 2.33. The molecule has 3 N–H and O–H groups in total. The van der Waals surface area contributed by atoms with E-state index in [9.17, 15) is 10.2 Å². The number of halogens is 1. The second-order valence-electron chi connectivity index (χ2n) is 4.36. The fraction of sp³-hybridized carbons (Fsp3) is 0.538. The molecule has 0 saturated carbocycles. The van der Waals surface area contributed by atoms with E-state index >= 15 is 0 Å². The lowest BCUT2D eigenvalue weighted by Crippen LogP contribution is -2.37. The fourth-order valence-corrected chi connectivity index (χ4v) is 2.73. The van der Waals surface area contributed by atoms with Gasteiger partial charge in [0.05, 0.1) is 6.61 Å². The Bertz CT molecular complexity index is 397. The molecule has 0 amide bonds. The highest BCUT2D eigenvalue weighted by Gasteiger charge is 2.15. The summed E-state index contributed by atoms with van der Waals surface area (Å²) < 4.78 is 0. The van der Waals surface area contributed by atoms with Crippen molar-refractivity contribution in [2.75, 3.05) is 12.9 Å². The summed E-state index contributed by atoms with van der Waals surface area (Å²) in [5.41, 5.74) is 1.56. The van der Waals surface area contributed by atoms with Gasteiger partial charge in [0, 0.05) is 28.4 Å². The van der Waals surface area contributed by atoms with Gasteiger partial charge in [0.2, 0.25) is 0 Å². The van der Waals surface area contributed by atoms with Gasteiger partial charge in [-0.1, -0.05) is 11.6 Å². The number of benzene rings is 1. The van der Waals surface area contributed by atoms with E-state index in [1.54, 1.807) is 23.9 Å². The second-order valence-corrected chi connectivity index (χ2v) is 5.87. The molecular weight excluding hydrogens is 270 g/mol. The molecule has 0 radical (unpaired) electrons. The number of thioether (sulfide) groups is 1. The zero-order valence-corrected chi connectivity index (χ0v) is 12.5. The SMILES string of the molecule is CSC(CO)C(C)NCc1cc(Cl)cc(C)c1O. The van der Waals surface area contributed by atoms with Gasteiger partial charge in [0.25, 0.3) is 0 Å². The predicted molar refractivity (Wildman–Crippen MR) is 78.5 cm³/mol. The number of phenols is 1. The van der Waals surface area contributed by atoms with Crippen molar-refractivity contribution in [2.45, 2.75) is 31.7 Å². The number of aryl methyl sites for hydroxylation is 1. The van der Waals surface area contributed by atoms with Crippen molar-refractivity contribution in [3.8, 4) is 5.75 Å². The highest BCUT2D eigenvalue weighted by Crippen LogP contribution is 2.26. The number of aliphatic hydroxyl groups excluding tert-OH is 1. The van der Waals surface area contributed by atoms with E-state index in [0.717, 1.165) is 11.1 Å². The molecule has 5 heteroatoms. The van der Waals surface area contributed by atoms with Crippen molar-refractivity contribution in [3.05, 3.63) is 28.3 Å². The molecule has 3 nitrogen and oxygen atoms in total. The van der Waals surface area contributed by atoms with Crippen LogP contribution in [0.25, 0.3) is 0 Å². The van der Waals surface area contributed by atoms with Gasteiger partial charge in [-0.2, -0.15) is 11.8 Å². The molecule has 0 spiro atoms. The monoisotopic (exact) mass is 289 g/mol. The van der Waals surface area contributed by atoms with Crippen LogP contribution in [0.15, 0.2) is 12.1 Å². The largest absolute Gasteiger partial charge is 0.507 e. The third kappa shape index (κ3) is 4.05. The van der Waals surface area contributed by atoms with Gasteiger partial charge in [-0.05, 0) is 37.8 Å². The fourth-order valence-electron chi connectivity index (χ4n) is 1.78. The minimum absolute atomic E-state index is 0.135. The van der Waals surface area contributed by atoms with Gasteiger partial charge in [0.1, 0.15) is 5.75 Å². The van der Waals surface area contributed by atoms with Crippen LogP contribution in [0.2, 0.25) is 5.02 Å². The van der Waals surface area contributed by atoms with Crippen molar-refractivity contribution >= 4 is 23.4 Å². The quantitative estimate of drug-likeness (QED) is 0.753. The average molecular weight is 290 g/mol. The maximum Gasteiger partial charge on any atom is 0.123 e. The molecule has 0 aliphatic carbocycles. The Kier molecular flexibility index (Phi) is 6.29. The van der Waals surface area contributed by atoms with Crippen LogP contribution in [-0.4, -0.2) is 34.4 Å². The minimum Gasteiger partial charge on any atom is -0.507 e. The summed E-state index contributed by atoms with van der Waals surface area (Å²) >= 11 is 7.59. The van der Waals surface area contributed by atoms with Gasteiger partial charge in [-0.25, -0.2) is 0 Å². The lowest BCUT2D eigenvalue weighted by Gasteiger charge is -2.21. The zero-order valence-electron chi connectivity index (χ0n) is 10.9. The van der Waals surface area contributed by atoms with Crippen LogP contribution in [0.5, 0.6) is 5.75 Å². The second kappa shape index (κ2) is 7.24. The highest BCUT2D eigenvalue weighted by atomic mass is 35.5. The molecule has 0 saturated heterocycles. The van der Waals surface area contributed by atoms with Crippen LogP contribution in [0.4, 0.5) is 0 Å². The molecule has 18 heavy (non-hydrogen) atoms. The van der Waals surface area contributed by atoms with Crippen molar-refractivity contribution in [3.63, 3.8) is 0 Å². The third-order valence-electron chi connectivity index (χ3n) is 3.00. The molecule has 1 rings (SSSR count). The van der Waals surface area contributed by atoms with E-state index in [4.69, 9.17) is 11.6 Å². The topological polar surface area (TPSA) is 52.5 Å². The van der Waals surface area contributed by atoms with E-state index in [-0.39, 0.29) is 23.6 Å². The Labute approximate surface area is 118 Å². The van der Waals surface area contributed by atoms with Crippen LogP contribution in [0, 0.1) is 6.92 Å². The summed E-state index contributed by atoms with van der Waals surface area (Å²) in [6.45, 7) is 4.51.